The van der Waals surface area contributed by atoms with Crippen LogP contribution in [-0.2, 0) is 4.79 Å². The Hall–Kier alpha value is -3.20. The van der Waals surface area contributed by atoms with Gasteiger partial charge in [0, 0.05) is 11.3 Å². The van der Waals surface area contributed by atoms with E-state index in [0.717, 1.165) is 11.3 Å². The lowest BCUT2D eigenvalue weighted by atomic mass is 10.1. The lowest BCUT2D eigenvalue weighted by Gasteiger charge is -2.16. The summed E-state index contributed by atoms with van der Waals surface area (Å²) in [7, 11) is 0. The van der Waals surface area contributed by atoms with Crippen LogP contribution in [0.1, 0.15) is 31.9 Å². The van der Waals surface area contributed by atoms with Crippen LogP contribution >= 0.6 is 11.8 Å². The monoisotopic (exact) mass is 471 g/mol. The SMILES string of the molecule is CCOc1cc(-c2nnc(SCC(=O)Nc3ccc(C)c(C)c3)o2)cc(OCC)c1OCC. The normalized spacial score (nSPS) is 10.7. The molecule has 1 heterocycles. The van der Waals surface area contributed by atoms with Crippen molar-refractivity contribution in [3.8, 4) is 28.7 Å². The van der Waals surface area contributed by atoms with Gasteiger partial charge >= 0.3 is 0 Å². The molecule has 0 radical (unpaired) electrons. The molecule has 0 aliphatic carbocycles. The maximum atomic E-state index is 12.3. The summed E-state index contributed by atoms with van der Waals surface area (Å²) in [5, 5.41) is 11.4. The van der Waals surface area contributed by atoms with Gasteiger partial charge in [0.15, 0.2) is 11.5 Å². The summed E-state index contributed by atoms with van der Waals surface area (Å²) >= 11 is 1.17. The molecule has 0 unspecified atom stereocenters. The lowest BCUT2D eigenvalue weighted by Crippen LogP contribution is -2.14. The van der Waals surface area contributed by atoms with Crippen molar-refractivity contribution in [1.29, 1.82) is 0 Å². The standard InChI is InChI=1S/C24H29N3O5S/c1-6-29-19-12-17(13-20(30-7-2)22(19)31-8-3)23-26-27-24(32-23)33-14-21(28)25-18-10-9-15(4)16(5)11-18/h9-13H,6-8,14H2,1-5H3,(H,25,28). The van der Waals surface area contributed by atoms with Gasteiger partial charge in [0.05, 0.1) is 25.6 Å². The predicted octanol–water partition coefficient (Wildman–Crippen LogP) is 5.28. The number of nitrogens with one attached hydrogen (secondary N) is 1. The number of ether oxygens (including phenoxy) is 3. The number of hydrogen-bond acceptors (Lipinski definition) is 8. The van der Waals surface area contributed by atoms with Crippen LogP contribution in [0.5, 0.6) is 17.2 Å². The smallest absolute Gasteiger partial charge is 0.277 e. The van der Waals surface area contributed by atoms with Crippen molar-refractivity contribution in [2.75, 3.05) is 30.9 Å². The van der Waals surface area contributed by atoms with Crippen molar-refractivity contribution in [3.63, 3.8) is 0 Å². The Balaban J connectivity index is 1.72. The van der Waals surface area contributed by atoms with E-state index in [2.05, 4.69) is 15.5 Å². The Kier molecular flexibility index (Phi) is 8.59. The maximum Gasteiger partial charge on any atom is 0.277 e. The highest BCUT2D eigenvalue weighted by Gasteiger charge is 2.19. The first-order valence-electron chi connectivity index (χ1n) is 10.8. The zero-order valence-electron chi connectivity index (χ0n) is 19.6. The molecular formula is C24H29N3O5S. The molecule has 0 saturated heterocycles. The molecule has 176 valence electrons. The van der Waals surface area contributed by atoms with Gasteiger partial charge in [-0.1, -0.05) is 17.8 Å². The van der Waals surface area contributed by atoms with E-state index >= 15 is 0 Å². The minimum absolute atomic E-state index is 0.145. The number of nitrogens with zero attached hydrogens (tertiary/aromatic N) is 2. The fourth-order valence-corrected chi connectivity index (χ4v) is 3.60. The molecule has 1 N–H and O–H groups in total. The fourth-order valence-electron chi connectivity index (χ4n) is 3.04. The molecule has 0 spiro atoms. The highest BCUT2D eigenvalue weighted by Crippen LogP contribution is 2.42. The molecule has 3 aromatic rings. The first-order chi connectivity index (χ1) is 15.9. The molecule has 0 bridgehead atoms. The number of carbonyl (C=O) groups excluding carboxylic acids is 1. The van der Waals surface area contributed by atoms with Gasteiger partial charge in [-0.05, 0) is 70.0 Å². The number of rotatable bonds is 11. The zero-order chi connectivity index (χ0) is 23.8. The van der Waals surface area contributed by atoms with E-state index in [1.54, 1.807) is 12.1 Å². The molecule has 3 rings (SSSR count). The quantitative estimate of drug-likeness (QED) is 0.377. The Morgan fingerprint density at radius 2 is 1.61 bits per heavy atom. The van der Waals surface area contributed by atoms with Crippen molar-refractivity contribution in [2.24, 2.45) is 0 Å². The zero-order valence-corrected chi connectivity index (χ0v) is 20.4. The van der Waals surface area contributed by atoms with Crippen molar-refractivity contribution < 1.29 is 23.4 Å². The van der Waals surface area contributed by atoms with Crippen LogP contribution in [0.4, 0.5) is 5.69 Å². The third-order valence-corrected chi connectivity index (χ3v) is 5.50. The molecule has 9 heteroatoms. The first kappa shape index (κ1) is 24.4. The average molecular weight is 472 g/mol. The summed E-state index contributed by atoms with van der Waals surface area (Å²) in [6, 6.07) is 9.37. The van der Waals surface area contributed by atoms with E-state index in [-0.39, 0.29) is 11.7 Å². The number of hydrogen-bond donors (Lipinski definition) is 1. The fraction of sp³-hybridized carbons (Fsp3) is 0.375. The van der Waals surface area contributed by atoms with E-state index in [1.807, 2.05) is 52.8 Å². The van der Waals surface area contributed by atoms with E-state index in [0.29, 0.717) is 53.7 Å². The molecule has 0 aliphatic heterocycles. The van der Waals surface area contributed by atoms with Crippen LogP contribution in [-0.4, -0.2) is 41.7 Å². The molecule has 1 amide bonds. The number of aryl methyl sites for hydroxylation is 2. The second-order valence-electron chi connectivity index (χ2n) is 7.11. The molecule has 1 aromatic heterocycles. The van der Waals surface area contributed by atoms with Crippen LogP contribution < -0.4 is 19.5 Å². The molecule has 0 aliphatic rings. The minimum atomic E-state index is -0.152. The Labute approximate surface area is 198 Å². The largest absolute Gasteiger partial charge is 0.490 e. The summed E-state index contributed by atoms with van der Waals surface area (Å²) in [6.45, 7) is 11.1. The molecule has 0 fully saturated rings. The second kappa shape index (κ2) is 11.6. The number of thioether (sulfide) groups is 1. The van der Waals surface area contributed by atoms with Crippen molar-refractivity contribution in [2.45, 2.75) is 39.8 Å². The number of aromatic nitrogens is 2. The van der Waals surface area contributed by atoms with E-state index in [4.69, 9.17) is 18.6 Å². The topological polar surface area (TPSA) is 95.7 Å². The highest BCUT2D eigenvalue weighted by atomic mass is 32.2. The summed E-state index contributed by atoms with van der Waals surface area (Å²) < 4.78 is 23.0. The first-order valence-corrected chi connectivity index (χ1v) is 11.8. The number of anilines is 1. The predicted molar refractivity (Wildman–Crippen MR) is 129 cm³/mol. The van der Waals surface area contributed by atoms with Crippen LogP contribution in [0.25, 0.3) is 11.5 Å². The van der Waals surface area contributed by atoms with Gasteiger partial charge in [-0.2, -0.15) is 0 Å². The maximum absolute atomic E-state index is 12.3. The summed E-state index contributed by atoms with van der Waals surface area (Å²) in [4.78, 5) is 12.3. The van der Waals surface area contributed by atoms with E-state index in [1.165, 1.54) is 17.3 Å². The molecule has 2 aromatic carbocycles. The van der Waals surface area contributed by atoms with Gasteiger partial charge < -0.3 is 23.9 Å². The minimum Gasteiger partial charge on any atom is -0.490 e. The molecule has 0 saturated carbocycles. The average Bonchev–Trinajstić information content (AvgIpc) is 3.26. The highest BCUT2D eigenvalue weighted by molar-refractivity contribution is 7.99. The van der Waals surface area contributed by atoms with Gasteiger partial charge in [-0.15, -0.1) is 10.2 Å². The number of carbonyl (C=O) groups is 1. The number of amides is 1. The van der Waals surface area contributed by atoms with Gasteiger partial charge in [0.1, 0.15) is 0 Å². The van der Waals surface area contributed by atoms with Crippen molar-refractivity contribution in [3.05, 3.63) is 41.5 Å². The van der Waals surface area contributed by atoms with Crippen molar-refractivity contribution in [1.82, 2.24) is 10.2 Å². The van der Waals surface area contributed by atoms with Gasteiger partial charge in [-0.25, -0.2) is 0 Å². The summed E-state index contributed by atoms with van der Waals surface area (Å²) in [6.07, 6.45) is 0. The molecule has 33 heavy (non-hydrogen) atoms. The lowest BCUT2D eigenvalue weighted by molar-refractivity contribution is -0.113. The Morgan fingerprint density at radius 1 is 0.939 bits per heavy atom. The van der Waals surface area contributed by atoms with E-state index < -0.39 is 0 Å². The second-order valence-corrected chi connectivity index (χ2v) is 8.04. The van der Waals surface area contributed by atoms with E-state index in [9.17, 15) is 4.79 Å². The van der Waals surface area contributed by atoms with Crippen LogP contribution in [0.3, 0.4) is 0 Å². The molecular weight excluding hydrogens is 442 g/mol. The van der Waals surface area contributed by atoms with Crippen LogP contribution in [0, 0.1) is 13.8 Å². The third kappa shape index (κ3) is 6.41. The van der Waals surface area contributed by atoms with Gasteiger partial charge in [0.25, 0.3) is 5.22 Å². The van der Waals surface area contributed by atoms with Crippen molar-refractivity contribution >= 4 is 23.4 Å². The van der Waals surface area contributed by atoms with Crippen LogP contribution in [0.2, 0.25) is 0 Å². The number of benzene rings is 2. The summed E-state index contributed by atoms with van der Waals surface area (Å²) in [5.41, 5.74) is 3.70. The van der Waals surface area contributed by atoms with Gasteiger partial charge in [-0.3, -0.25) is 4.79 Å². The summed E-state index contributed by atoms with van der Waals surface area (Å²) in [5.74, 6) is 1.92. The molecule has 0 atom stereocenters. The molecule has 8 nitrogen and oxygen atoms in total. The van der Waals surface area contributed by atoms with Gasteiger partial charge in [0.2, 0.25) is 17.5 Å². The third-order valence-electron chi connectivity index (χ3n) is 4.68. The Bertz CT molecular complexity index is 1070. The Morgan fingerprint density at radius 3 is 2.21 bits per heavy atom. The van der Waals surface area contributed by atoms with Crippen LogP contribution in [0.15, 0.2) is 40.0 Å².